The second kappa shape index (κ2) is 3.42. The minimum absolute atomic E-state index is 0.428. The smallest absolute Gasteiger partial charge is 0.192 e. The van der Waals surface area contributed by atoms with Gasteiger partial charge in [0.05, 0.1) is 0 Å². The molecule has 0 amide bonds. The van der Waals surface area contributed by atoms with Gasteiger partial charge in [0.25, 0.3) is 0 Å². The number of hydrogen-bond acceptors (Lipinski definition) is 1. The molecule has 0 bridgehead atoms. The van der Waals surface area contributed by atoms with Crippen LogP contribution in [-0.2, 0) is 0 Å². The van der Waals surface area contributed by atoms with E-state index >= 15 is 0 Å². The zero-order valence-electron chi connectivity index (χ0n) is 8.43. The van der Waals surface area contributed by atoms with Crippen LogP contribution in [0.2, 0.25) is 0 Å². The fourth-order valence-electron chi connectivity index (χ4n) is 1.49. The Hall–Kier alpha value is -0.740. The largest absolute Gasteiger partial charge is 0.393 e. The van der Waals surface area contributed by atoms with Gasteiger partial charge in [0.1, 0.15) is 0 Å². The lowest BCUT2D eigenvalue weighted by Crippen LogP contribution is -2.81. The zero-order chi connectivity index (χ0) is 14.8. The molecule has 1 aliphatic heterocycles. The van der Waals surface area contributed by atoms with E-state index in [1.54, 1.807) is 0 Å². The van der Waals surface area contributed by atoms with Crippen molar-refractivity contribution in [3.8, 4) is 0 Å². The molecule has 0 aromatic rings. The molecule has 11 heteroatoms. The first-order valence-corrected chi connectivity index (χ1v) is 4.36. The summed E-state index contributed by atoms with van der Waals surface area (Å²) in [6.45, 7) is -1.25. The van der Waals surface area contributed by atoms with Gasteiger partial charge in [-0.2, -0.15) is 48.8 Å². The van der Waals surface area contributed by atoms with Crippen molar-refractivity contribution < 1.29 is 43.9 Å². The second-order valence-electron chi connectivity index (χ2n) is 3.55. The highest BCUT2D eigenvalue weighted by atomic mass is 19.4. The Balaban J connectivity index is 3.59. The average molecular weight is 293 g/mol. The molecular formula is C7H5F10N. The van der Waals surface area contributed by atoms with Gasteiger partial charge < -0.3 is 0 Å². The normalized spacial score (nSPS) is 32.2. The van der Waals surface area contributed by atoms with Crippen LogP contribution in [-0.4, -0.2) is 41.3 Å². The van der Waals surface area contributed by atoms with Gasteiger partial charge in [-0.1, -0.05) is 6.92 Å². The topological polar surface area (TPSA) is 3.24 Å². The van der Waals surface area contributed by atoms with Crippen molar-refractivity contribution in [2.24, 2.45) is 0 Å². The summed E-state index contributed by atoms with van der Waals surface area (Å²) >= 11 is 0. The molecule has 0 radical (unpaired) electrons. The summed E-state index contributed by atoms with van der Waals surface area (Å²) in [5.41, 5.74) is 0. The predicted octanol–water partition coefficient (Wildman–Crippen LogP) is 3.41. The fraction of sp³-hybridized carbons (Fsp3) is 1.00. The fourth-order valence-corrected chi connectivity index (χ4v) is 1.49. The summed E-state index contributed by atoms with van der Waals surface area (Å²) in [5, 5.41) is 0. The Morgan fingerprint density at radius 2 is 0.889 bits per heavy atom. The van der Waals surface area contributed by atoms with Crippen LogP contribution in [0.4, 0.5) is 43.9 Å². The van der Waals surface area contributed by atoms with Crippen molar-refractivity contribution in [2.45, 2.75) is 36.8 Å². The van der Waals surface area contributed by atoms with Gasteiger partial charge in [0, 0.05) is 6.54 Å². The van der Waals surface area contributed by atoms with Crippen LogP contribution in [0.3, 0.4) is 0 Å². The second-order valence-corrected chi connectivity index (χ2v) is 3.55. The number of rotatable bonds is 1. The van der Waals surface area contributed by atoms with E-state index in [1.807, 2.05) is 0 Å². The molecule has 1 heterocycles. The van der Waals surface area contributed by atoms with Crippen LogP contribution in [0.15, 0.2) is 0 Å². The van der Waals surface area contributed by atoms with E-state index in [9.17, 15) is 43.9 Å². The van der Waals surface area contributed by atoms with E-state index in [-0.39, 0.29) is 0 Å². The first kappa shape index (κ1) is 15.3. The van der Waals surface area contributed by atoms with Gasteiger partial charge in [-0.15, -0.1) is 0 Å². The quantitative estimate of drug-likeness (QED) is 0.529. The summed E-state index contributed by atoms with van der Waals surface area (Å²) in [7, 11) is 0. The molecular weight excluding hydrogens is 288 g/mol. The number of hydrogen-bond donors (Lipinski definition) is 0. The summed E-state index contributed by atoms with van der Waals surface area (Å²) in [5.74, 6) is -20.2. The maximum absolute atomic E-state index is 12.9. The molecule has 18 heavy (non-hydrogen) atoms. The number of likely N-dealkylation sites (tertiary alicyclic amines) is 1. The number of nitrogens with zero attached hydrogens (tertiary/aromatic N) is 1. The first-order valence-electron chi connectivity index (χ1n) is 4.36. The molecule has 0 aromatic carbocycles. The molecule has 0 aliphatic carbocycles. The van der Waals surface area contributed by atoms with Crippen LogP contribution >= 0.6 is 0 Å². The Bertz CT molecular complexity index is 318. The van der Waals surface area contributed by atoms with Gasteiger partial charge in [-0.05, 0) is 0 Å². The lowest BCUT2D eigenvalue weighted by Gasteiger charge is -2.51. The Morgan fingerprint density at radius 1 is 0.611 bits per heavy atom. The Morgan fingerprint density at radius 3 is 1.11 bits per heavy atom. The molecule has 0 saturated carbocycles. The SMILES string of the molecule is CCN1C(F)(F)C(F)(F)C(F)(F)C(F)(F)C1(F)F. The van der Waals surface area contributed by atoms with Gasteiger partial charge in [0.2, 0.25) is 0 Å². The highest BCUT2D eigenvalue weighted by Gasteiger charge is 2.94. The number of halogens is 10. The van der Waals surface area contributed by atoms with E-state index in [4.69, 9.17) is 0 Å². The van der Waals surface area contributed by atoms with Crippen LogP contribution < -0.4 is 0 Å². The van der Waals surface area contributed by atoms with Crippen LogP contribution in [0.1, 0.15) is 6.92 Å². The van der Waals surface area contributed by atoms with E-state index in [0.717, 1.165) is 0 Å². The summed E-state index contributed by atoms with van der Waals surface area (Å²) in [4.78, 5) is -1.93. The standard InChI is InChI=1S/C7H5F10N/c1-2-18-6(14,15)4(10,11)3(8,9)5(12,13)7(18,16)17/h2H2,1H3. The van der Waals surface area contributed by atoms with Crippen LogP contribution in [0.25, 0.3) is 0 Å². The van der Waals surface area contributed by atoms with Crippen LogP contribution in [0, 0.1) is 0 Å². The monoisotopic (exact) mass is 293 g/mol. The van der Waals surface area contributed by atoms with Crippen molar-refractivity contribution in [3.63, 3.8) is 0 Å². The lowest BCUT2D eigenvalue weighted by atomic mass is 9.93. The molecule has 1 aliphatic rings. The third-order valence-corrected chi connectivity index (χ3v) is 2.54. The highest BCUT2D eigenvalue weighted by Crippen LogP contribution is 2.64. The predicted molar refractivity (Wildman–Crippen MR) is 37.1 cm³/mol. The maximum atomic E-state index is 12.9. The molecule has 0 unspecified atom stereocenters. The Labute approximate surface area is 93.3 Å². The minimum Gasteiger partial charge on any atom is -0.192 e. The molecule has 1 fully saturated rings. The number of alkyl halides is 10. The third kappa shape index (κ3) is 1.28. The molecule has 0 spiro atoms. The van der Waals surface area contributed by atoms with Crippen molar-refractivity contribution in [1.82, 2.24) is 4.90 Å². The third-order valence-electron chi connectivity index (χ3n) is 2.54. The molecule has 0 atom stereocenters. The first-order chi connectivity index (χ1) is 7.69. The van der Waals surface area contributed by atoms with Crippen molar-refractivity contribution in [2.75, 3.05) is 6.54 Å². The van der Waals surface area contributed by atoms with E-state index < -0.39 is 41.3 Å². The van der Waals surface area contributed by atoms with Gasteiger partial charge in [-0.3, -0.25) is 0 Å². The van der Waals surface area contributed by atoms with Crippen LogP contribution in [0.5, 0.6) is 0 Å². The summed E-state index contributed by atoms with van der Waals surface area (Å²) < 4.78 is 127. The van der Waals surface area contributed by atoms with Crippen molar-refractivity contribution in [1.29, 1.82) is 0 Å². The zero-order valence-corrected chi connectivity index (χ0v) is 8.43. The molecule has 0 N–H and O–H groups in total. The van der Waals surface area contributed by atoms with E-state index in [1.165, 1.54) is 0 Å². The van der Waals surface area contributed by atoms with Crippen molar-refractivity contribution in [3.05, 3.63) is 0 Å². The molecule has 108 valence electrons. The van der Waals surface area contributed by atoms with Gasteiger partial charge in [-0.25, -0.2) is 0 Å². The number of piperidine rings is 1. The molecule has 1 saturated heterocycles. The lowest BCUT2D eigenvalue weighted by molar-refractivity contribution is -0.505. The van der Waals surface area contributed by atoms with Gasteiger partial charge in [0.15, 0.2) is 0 Å². The molecule has 1 rings (SSSR count). The van der Waals surface area contributed by atoms with Crippen molar-refractivity contribution >= 4 is 0 Å². The Kier molecular flexibility index (Phi) is 2.91. The van der Waals surface area contributed by atoms with Gasteiger partial charge >= 0.3 is 29.9 Å². The summed E-state index contributed by atoms with van der Waals surface area (Å²) in [6, 6.07) is -12.2. The highest BCUT2D eigenvalue weighted by molar-refractivity contribution is 5.14. The summed E-state index contributed by atoms with van der Waals surface area (Å²) in [6.07, 6.45) is 0. The average Bonchev–Trinajstić information content (AvgIpc) is 2.15. The molecule has 1 nitrogen and oxygen atoms in total. The van der Waals surface area contributed by atoms with E-state index in [0.29, 0.717) is 6.92 Å². The van der Waals surface area contributed by atoms with E-state index in [2.05, 4.69) is 0 Å². The maximum Gasteiger partial charge on any atom is 0.393 e. The minimum atomic E-state index is -6.89. The molecule has 0 aromatic heterocycles.